The highest BCUT2D eigenvalue weighted by Crippen LogP contribution is 2.30. The molecule has 1 N–H and O–H groups in total. The van der Waals surface area contributed by atoms with Gasteiger partial charge in [-0.15, -0.1) is 0 Å². The van der Waals surface area contributed by atoms with Crippen molar-refractivity contribution in [2.75, 3.05) is 5.32 Å². The Morgan fingerprint density at radius 3 is 2.09 bits per heavy atom. The number of aryl methyl sites for hydroxylation is 1. The lowest BCUT2D eigenvalue weighted by Crippen LogP contribution is -2.24. The molecule has 0 atom stereocenters. The minimum Gasteiger partial charge on any atom is -0.351 e. The van der Waals surface area contributed by atoms with Crippen molar-refractivity contribution in [2.45, 2.75) is 13.3 Å². The van der Waals surface area contributed by atoms with E-state index in [4.69, 9.17) is 0 Å². The van der Waals surface area contributed by atoms with Gasteiger partial charge >= 0.3 is 0 Å². The SMILES string of the molecule is CCc1ccc(NC2=C(Br)C(=O)c3ccccc3C2=O)cc1. The smallest absolute Gasteiger partial charge is 0.211 e. The van der Waals surface area contributed by atoms with Crippen LogP contribution in [0.2, 0.25) is 0 Å². The molecule has 2 aromatic rings. The summed E-state index contributed by atoms with van der Waals surface area (Å²) in [5, 5.41) is 3.07. The van der Waals surface area contributed by atoms with Gasteiger partial charge in [-0.1, -0.05) is 43.3 Å². The second-order valence-corrected chi connectivity index (χ2v) is 5.86. The Morgan fingerprint density at radius 1 is 0.909 bits per heavy atom. The van der Waals surface area contributed by atoms with Crippen LogP contribution in [0, 0.1) is 0 Å². The molecule has 22 heavy (non-hydrogen) atoms. The monoisotopic (exact) mass is 355 g/mol. The molecular weight excluding hydrogens is 342 g/mol. The fraction of sp³-hybridized carbons (Fsp3) is 0.111. The molecule has 0 saturated carbocycles. The van der Waals surface area contributed by atoms with Crippen molar-refractivity contribution in [1.82, 2.24) is 0 Å². The van der Waals surface area contributed by atoms with E-state index < -0.39 is 0 Å². The summed E-state index contributed by atoms with van der Waals surface area (Å²) < 4.78 is 0.274. The summed E-state index contributed by atoms with van der Waals surface area (Å²) in [7, 11) is 0. The van der Waals surface area contributed by atoms with Gasteiger partial charge in [-0.2, -0.15) is 0 Å². The molecule has 0 unspecified atom stereocenters. The Balaban J connectivity index is 1.97. The predicted octanol–water partition coefficient (Wildman–Crippen LogP) is 4.35. The molecule has 0 bridgehead atoms. The molecule has 2 aromatic carbocycles. The molecule has 4 heteroatoms. The van der Waals surface area contributed by atoms with E-state index in [1.165, 1.54) is 5.56 Å². The Bertz CT molecular complexity index is 791. The average Bonchev–Trinajstić information content (AvgIpc) is 2.57. The third-order valence-corrected chi connectivity index (χ3v) is 4.45. The highest BCUT2D eigenvalue weighted by atomic mass is 79.9. The molecule has 0 heterocycles. The molecule has 3 rings (SSSR count). The van der Waals surface area contributed by atoms with Gasteiger partial charge in [0.1, 0.15) is 5.70 Å². The highest BCUT2D eigenvalue weighted by molar-refractivity contribution is 9.12. The number of nitrogens with one attached hydrogen (secondary N) is 1. The first-order chi connectivity index (χ1) is 10.6. The van der Waals surface area contributed by atoms with Crippen molar-refractivity contribution in [3.05, 3.63) is 75.4 Å². The molecule has 0 radical (unpaired) electrons. The van der Waals surface area contributed by atoms with Crippen LogP contribution in [-0.2, 0) is 6.42 Å². The van der Waals surface area contributed by atoms with Gasteiger partial charge in [0.2, 0.25) is 11.6 Å². The Kier molecular flexibility index (Phi) is 3.94. The molecule has 0 fully saturated rings. The van der Waals surface area contributed by atoms with Gasteiger partial charge in [0.05, 0.1) is 4.48 Å². The third kappa shape index (κ3) is 2.50. The average molecular weight is 356 g/mol. The molecule has 1 aliphatic rings. The van der Waals surface area contributed by atoms with Gasteiger partial charge < -0.3 is 5.32 Å². The number of ketones is 2. The standard InChI is InChI=1S/C18H14BrNO2/c1-2-11-7-9-12(10-8-11)20-16-15(19)17(21)13-5-3-4-6-14(13)18(16)22/h3-10,20H,2H2,1H3. The lowest BCUT2D eigenvalue weighted by atomic mass is 9.92. The lowest BCUT2D eigenvalue weighted by molar-refractivity contribution is 0.0983. The Morgan fingerprint density at radius 2 is 1.50 bits per heavy atom. The summed E-state index contributed by atoms with van der Waals surface area (Å²) in [6.45, 7) is 2.09. The normalized spacial score (nSPS) is 14.1. The molecule has 1 aliphatic carbocycles. The van der Waals surface area contributed by atoms with E-state index >= 15 is 0 Å². The largest absolute Gasteiger partial charge is 0.351 e. The maximum atomic E-state index is 12.6. The van der Waals surface area contributed by atoms with Gasteiger partial charge in [0, 0.05) is 16.8 Å². The van der Waals surface area contributed by atoms with Crippen molar-refractivity contribution >= 4 is 33.2 Å². The molecule has 110 valence electrons. The van der Waals surface area contributed by atoms with E-state index in [-0.39, 0.29) is 21.7 Å². The molecular formula is C18H14BrNO2. The number of carbonyl (C=O) groups is 2. The number of hydrogen-bond acceptors (Lipinski definition) is 3. The first-order valence-corrected chi connectivity index (χ1v) is 7.85. The summed E-state index contributed by atoms with van der Waals surface area (Å²) >= 11 is 3.26. The fourth-order valence-corrected chi connectivity index (χ4v) is 2.92. The molecule has 0 aliphatic heterocycles. The summed E-state index contributed by atoms with van der Waals surface area (Å²) in [6.07, 6.45) is 0.956. The van der Waals surface area contributed by atoms with E-state index in [1.54, 1.807) is 24.3 Å². The van der Waals surface area contributed by atoms with Crippen molar-refractivity contribution < 1.29 is 9.59 Å². The fourth-order valence-electron chi connectivity index (χ4n) is 2.42. The third-order valence-electron chi connectivity index (χ3n) is 3.69. The maximum Gasteiger partial charge on any atom is 0.211 e. The number of rotatable bonds is 3. The van der Waals surface area contributed by atoms with Gasteiger partial charge in [0.15, 0.2) is 0 Å². The van der Waals surface area contributed by atoms with E-state index in [9.17, 15) is 9.59 Å². The second kappa shape index (κ2) is 5.89. The summed E-state index contributed by atoms with van der Waals surface area (Å²) in [6, 6.07) is 14.7. The topological polar surface area (TPSA) is 46.2 Å². The van der Waals surface area contributed by atoms with E-state index in [0.717, 1.165) is 12.1 Å². The summed E-state index contributed by atoms with van der Waals surface area (Å²) in [5.41, 5.74) is 3.15. The van der Waals surface area contributed by atoms with Gasteiger partial charge in [-0.05, 0) is 40.0 Å². The van der Waals surface area contributed by atoms with Crippen molar-refractivity contribution in [2.24, 2.45) is 0 Å². The zero-order valence-electron chi connectivity index (χ0n) is 12.0. The van der Waals surface area contributed by atoms with Crippen LogP contribution in [0.3, 0.4) is 0 Å². The Hall–Kier alpha value is -2.20. The van der Waals surface area contributed by atoms with Crippen LogP contribution in [0.15, 0.2) is 58.7 Å². The van der Waals surface area contributed by atoms with E-state index in [0.29, 0.717) is 11.1 Å². The van der Waals surface area contributed by atoms with Crippen LogP contribution >= 0.6 is 15.9 Å². The zero-order chi connectivity index (χ0) is 15.7. The van der Waals surface area contributed by atoms with Crippen LogP contribution in [0.1, 0.15) is 33.2 Å². The first-order valence-electron chi connectivity index (χ1n) is 7.06. The van der Waals surface area contributed by atoms with Crippen molar-refractivity contribution in [3.63, 3.8) is 0 Å². The number of allylic oxidation sites excluding steroid dienone is 2. The molecule has 0 aromatic heterocycles. The number of carbonyl (C=O) groups excluding carboxylic acids is 2. The maximum absolute atomic E-state index is 12.6. The number of anilines is 1. The summed E-state index contributed by atoms with van der Waals surface area (Å²) in [5.74, 6) is -0.357. The predicted molar refractivity (Wildman–Crippen MR) is 90.5 cm³/mol. The van der Waals surface area contributed by atoms with Gasteiger partial charge in [0.25, 0.3) is 0 Å². The van der Waals surface area contributed by atoms with Crippen LogP contribution in [0.4, 0.5) is 5.69 Å². The van der Waals surface area contributed by atoms with Crippen molar-refractivity contribution in [1.29, 1.82) is 0 Å². The van der Waals surface area contributed by atoms with Gasteiger partial charge in [-0.3, -0.25) is 9.59 Å². The molecule has 0 amide bonds. The van der Waals surface area contributed by atoms with Crippen LogP contribution in [0.5, 0.6) is 0 Å². The molecule has 0 spiro atoms. The zero-order valence-corrected chi connectivity index (χ0v) is 13.6. The van der Waals surface area contributed by atoms with E-state index in [2.05, 4.69) is 28.2 Å². The number of hydrogen-bond donors (Lipinski definition) is 1. The minimum atomic E-state index is -0.179. The molecule has 3 nitrogen and oxygen atoms in total. The Labute approximate surface area is 137 Å². The van der Waals surface area contributed by atoms with Crippen LogP contribution in [-0.4, -0.2) is 11.6 Å². The van der Waals surface area contributed by atoms with E-state index in [1.807, 2.05) is 24.3 Å². The number of halogens is 1. The minimum absolute atomic E-state index is 0.178. The molecule has 0 saturated heterocycles. The van der Waals surface area contributed by atoms with Gasteiger partial charge in [-0.25, -0.2) is 0 Å². The van der Waals surface area contributed by atoms with Crippen molar-refractivity contribution in [3.8, 4) is 0 Å². The van der Waals surface area contributed by atoms with Crippen LogP contribution < -0.4 is 5.32 Å². The lowest BCUT2D eigenvalue weighted by Gasteiger charge is -2.19. The highest BCUT2D eigenvalue weighted by Gasteiger charge is 2.30. The summed E-state index contributed by atoms with van der Waals surface area (Å²) in [4.78, 5) is 25.0. The number of Topliss-reactive ketones (excluding diaryl/α,β-unsaturated/α-hetero) is 2. The second-order valence-electron chi connectivity index (χ2n) is 5.07. The number of benzene rings is 2. The van der Waals surface area contributed by atoms with Crippen LogP contribution in [0.25, 0.3) is 0 Å². The number of fused-ring (bicyclic) bond motifs is 1. The first kappa shape index (κ1) is 14.7. The quantitative estimate of drug-likeness (QED) is 0.890.